The molecule has 4 aromatic carbocycles. The number of pyridine rings is 8. The number of ketones is 3. The van der Waals surface area contributed by atoms with Gasteiger partial charge in [0.05, 0.1) is 28.0 Å². The second-order valence-corrected chi connectivity index (χ2v) is 35.7. The number of benzene rings is 4. The monoisotopic (exact) mass is 1650 g/mol. The lowest BCUT2D eigenvalue weighted by atomic mass is 9.75. The molecule has 8 heterocycles. The van der Waals surface area contributed by atoms with Crippen LogP contribution in [0, 0.1) is 45.3 Å². The molecule has 12 aromatic rings. The highest BCUT2D eigenvalue weighted by molar-refractivity contribution is 7.93. The lowest BCUT2D eigenvalue weighted by molar-refractivity contribution is -0.139. The number of nitrogens with zero attached hydrogens (tertiary/aromatic N) is 8. The van der Waals surface area contributed by atoms with E-state index in [1.807, 2.05) is 147 Å². The maximum Gasteiger partial charge on any atom is 0.307 e. The Morgan fingerprint density at radius 1 is 0.362 bits per heavy atom. The van der Waals surface area contributed by atoms with Crippen LogP contribution < -0.4 is 5.73 Å². The first kappa shape index (κ1) is 82.0. The number of aromatic nitrogens is 8. The highest BCUT2D eigenvalue weighted by Gasteiger charge is 2.61. The average molecular weight is 1650 g/mol. The maximum absolute atomic E-state index is 12.8. The van der Waals surface area contributed by atoms with Crippen LogP contribution >= 0.6 is 58.6 Å². The molecule has 116 heavy (non-hydrogen) atoms. The summed E-state index contributed by atoms with van der Waals surface area (Å²) in [5.74, 6) is 3.42. The summed E-state index contributed by atoms with van der Waals surface area (Å²) < 4.78 is 10.2. The first-order valence-electron chi connectivity index (χ1n) is 40.8. The van der Waals surface area contributed by atoms with E-state index in [4.69, 9.17) is 52.1 Å². The van der Waals surface area contributed by atoms with E-state index in [-0.39, 0.29) is 57.5 Å². The molecule has 8 fully saturated rings. The van der Waals surface area contributed by atoms with Crippen molar-refractivity contribution < 1.29 is 28.2 Å². The molecule has 0 radical (unpaired) electrons. The lowest BCUT2D eigenvalue weighted by Crippen LogP contribution is -2.20. The van der Waals surface area contributed by atoms with Gasteiger partial charge in [-0.15, -0.1) is 0 Å². The summed E-state index contributed by atoms with van der Waals surface area (Å²) in [4.78, 5) is 84.5. The van der Waals surface area contributed by atoms with Crippen LogP contribution in [0.25, 0.3) is 43.6 Å². The minimum absolute atomic E-state index is 0.0886. The van der Waals surface area contributed by atoms with Crippen LogP contribution in [0.1, 0.15) is 191 Å². The number of hydrogen-bond acceptors (Lipinski definition) is 14. The number of fused-ring (bicyclic) bond motifs is 4. The second-order valence-electron chi connectivity index (χ2n) is 33.6. The van der Waals surface area contributed by atoms with Gasteiger partial charge in [-0.3, -0.25) is 59.0 Å². The van der Waals surface area contributed by atoms with Crippen molar-refractivity contribution in [3.05, 3.63) is 279 Å². The van der Waals surface area contributed by atoms with Gasteiger partial charge in [0.2, 0.25) is 0 Å². The fourth-order valence-electron chi connectivity index (χ4n) is 20.0. The van der Waals surface area contributed by atoms with Crippen LogP contribution in [0.5, 0.6) is 0 Å². The SMILES string of the molecule is CSF.Nc1ccc(Cl)cc1.O=C(Cc1ccc(Cl)cc1)[C@@H]1CC12CCC(c1ccnc3ccncc13)CC2.O=C(Cc1ccc(Cl)cc1)[C@H]1CC12CCC(c1ccnc3ccncc13)CC2.O=C(Cc1ccc(Cl)cc1)[C@H]1CC12CCC(c1ccnc3ccncc13)CC2.O=C(O)[C@H]1CC12CCC(c1ccnc3ccncc13)CC2. The number of carbonyl (C=O) groups is 4. The summed E-state index contributed by atoms with van der Waals surface area (Å²) >= 11 is 23.6. The Balaban J connectivity index is 0.000000117. The van der Waals surface area contributed by atoms with Crippen molar-refractivity contribution in [2.75, 3.05) is 12.0 Å². The molecule has 0 unspecified atom stereocenters. The standard InChI is InChI=1S/3C24H23ClN2O.C17H18N2O2.C6H6ClN.CH3FS/c3*25-18-3-1-16(2-4-18)13-23(28)21-14-24(21)9-5-17(6-10-24)19-7-12-27-22-8-11-26-15-20(19)22;20-16(21)14-9-17(14)5-1-11(2-6-17)12-3-8-19-15-4-7-18-10-13(12)15;7-5-1-3-6(8)4-2-5;1-3-2/h3*1-4,7-8,11-12,15,17,21H,5-6,9-10,13-14H2;3-4,7-8,10-11,14H,1-2,5-6,9H2,(H,20,21);1-4H,8H2;1H3/t3*17?,21-,24?;11?,14-,17?;;/m1101../s1. The van der Waals surface area contributed by atoms with Gasteiger partial charge in [-0.05, 0) is 322 Å². The summed E-state index contributed by atoms with van der Waals surface area (Å²) in [6.07, 6.45) is 47.7. The van der Waals surface area contributed by atoms with Gasteiger partial charge in [0.1, 0.15) is 17.3 Å². The number of hydrogen-bond donors (Lipinski definition) is 2. The van der Waals surface area contributed by atoms with Crippen molar-refractivity contribution in [3.8, 4) is 0 Å². The molecule has 20 rings (SSSR count). The van der Waals surface area contributed by atoms with Crippen molar-refractivity contribution in [3.63, 3.8) is 0 Å². The van der Waals surface area contributed by atoms with Crippen molar-refractivity contribution >= 4 is 131 Å². The molecule has 596 valence electrons. The quantitative estimate of drug-likeness (QED) is 0.0968. The number of carbonyl (C=O) groups excluding carboxylic acids is 3. The molecule has 4 spiro atoms. The fourth-order valence-corrected chi connectivity index (χ4v) is 20.5. The summed E-state index contributed by atoms with van der Waals surface area (Å²) in [5, 5.41) is 16.7. The first-order valence-corrected chi connectivity index (χ1v) is 43.4. The molecule has 0 saturated heterocycles. The Morgan fingerprint density at radius 3 is 0.810 bits per heavy atom. The zero-order chi connectivity index (χ0) is 80.6. The fraction of sp³-hybridized carbons (Fsp3) is 0.375. The van der Waals surface area contributed by atoms with E-state index in [1.165, 1.54) is 44.7 Å². The van der Waals surface area contributed by atoms with Crippen molar-refractivity contribution in [1.82, 2.24) is 39.9 Å². The molecule has 8 aliphatic rings. The van der Waals surface area contributed by atoms with Crippen molar-refractivity contribution in [2.24, 2.45) is 45.3 Å². The van der Waals surface area contributed by atoms with E-state index in [2.05, 4.69) is 64.1 Å². The molecule has 3 N–H and O–H groups in total. The topological polar surface area (TPSA) is 218 Å². The second kappa shape index (κ2) is 36.4. The predicted molar refractivity (Wildman–Crippen MR) is 464 cm³/mol. The zero-order valence-electron chi connectivity index (χ0n) is 65.2. The van der Waals surface area contributed by atoms with Gasteiger partial charge >= 0.3 is 5.97 Å². The third kappa shape index (κ3) is 19.2. The average Bonchev–Trinajstić information content (AvgIpc) is 1.60. The van der Waals surface area contributed by atoms with Crippen molar-refractivity contribution in [2.45, 2.75) is 171 Å². The summed E-state index contributed by atoms with van der Waals surface area (Å²) in [7, 11) is 0. The Bertz CT molecular complexity index is 5020. The lowest BCUT2D eigenvalue weighted by Gasteiger charge is -2.30. The van der Waals surface area contributed by atoms with Gasteiger partial charge in [-0.2, -0.15) is 3.89 Å². The van der Waals surface area contributed by atoms with Crippen LogP contribution in [0.2, 0.25) is 20.1 Å². The summed E-state index contributed by atoms with van der Waals surface area (Å²) in [6, 6.07) is 46.5. The largest absolute Gasteiger partial charge is 0.481 e. The number of Topliss-reactive ketones (excluding diaryl/α,β-unsaturated/α-hetero) is 3. The van der Waals surface area contributed by atoms with Crippen molar-refractivity contribution in [1.29, 1.82) is 0 Å². The molecule has 0 amide bonds. The van der Waals surface area contributed by atoms with E-state index in [1.54, 1.807) is 49.1 Å². The molecule has 8 aliphatic carbocycles. The number of halogens is 5. The van der Waals surface area contributed by atoms with Crippen LogP contribution in [-0.2, 0) is 38.4 Å². The van der Waals surface area contributed by atoms with Gasteiger partial charge in [-0.1, -0.05) is 82.8 Å². The molecule has 8 saturated carbocycles. The van der Waals surface area contributed by atoms with E-state index >= 15 is 0 Å². The van der Waals surface area contributed by atoms with E-state index in [9.17, 15) is 28.2 Å². The molecular weight excluding hydrogens is 1550 g/mol. The molecule has 8 aromatic heterocycles. The summed E-state index contributed by atoms with van der Waals surface area (Å²) in [6.45, 7) is 0. The normalized spacial score (nSPS) is 25.6. The number of rotatable bonds is 14. The first-order chi connectivity index (χ1) is 56.3. The van der Waals surface area contributed by atoms with Crippen LogP contribution in [0.3, 0.4) is 0 Å². The van der Waals surface area contributed by atoms with Crippen LogP contribution in [0.15, 0.2) is 220 Å². The number of aliphatic carboxylic acids is 1. The predicted octanol–water partition coefficient (Wildman–Crippen LogP) is 23.8. The third-order valence-electron chi connectivity index (χ3n) is 27.0. The third-order valence-corrected chi connectivity index (χ3v) is 28.0. The number of nitrogen functional groups attached to an aromatic ring is 1. The molecule has 20 heteroatoms. The van der Waals surface area contributed by atoms with E-state index in [0.29, 0.717) is 60.3 Å². The Morgan fingerprint density at radius 2 is 0.586 bits per heavy atom. The van der Waals surface area contributed by atoms with E-state index < -0.39 is 5.97 Å². The maximum atomic E-state index is 12.8. The van der Waals surface area contributed by atoms with Crippen LogP contribution in [-0.4, -0.2) is 74.6 Å². The molecule has 0 bridgehead atoms. The Hall–Kier alpha value is -9.16. The molecule has 0 aliphatic heterocycles. The number of carboxylic acid groups (broad SMARTS) is 1. The van der Waals surface area contributed by atoms with E-state index in [0.717, 1.165) is 198 Å². The minimum atomic E-state index is -0.605. The zero-order valence-corrected chi connectivity index (χ0v) is 69.0. The number of nitrogens with two attached hydrogens (primary N) is 1. The molecule has 14 nitrogen and oxygen atoms in total. The summed E-state index contributed by atoms with van der Waals surface area (Å²) in [5.41, 5.74) is 19.7. The molecular formula is C96H96Cl4FN9O5S. The highest BCUT2D eigenvalue weighted by Crippen LogP contribution is 2.67. The highest BCUT2D eigenvalue weighted by atomic mass is 35.5. The van der Waals surface area contributed by atoms with Gasteiger partial charge < -0.3 is 10.8 Å². The van der Waals surface area contributed by atoms with Gasteiger partial charge in [-0.25, -0.2) is 0 Å². The van der Waals surface area contributed by atoms with Gasteiger partial charge in [0.25, 0.3) is 0 Å². The smallest absolute Gasteiger partial charge is 0.307 e. The number of carboxylic acids is 1. The Labute approximate surface area is 701 Å². The minimum Gasteiger partial charge on any atom is -0.481 e. The van der Waals surface area contributed by atoms with Gasteiger partial charge in [0, 0.05) is 177 Å². The Kier molecular flexibility index (Phi) is 25.7. The van der Waals surface area contributed by atoms with Crippen LogP contribution in [0.4, 0.5) is 9.57 Å². The van der Waals surface area contributed by atoms with Gasteiger partial charge in [0.15, 0.2) is 0 Å². The molecule has 4 atom stereocenters. The number of anilines is 1.